The van der Waals surface area contributed by atoms with Crippen molar-refractivity contribution in [3.8, 4) is 0 Å². The van der Waals surface area contributed by atoms with E-state index >= 15 is 0 Å². The molecule has 0 aromatic carbocycles. The summed E-state index contributed by atoms with van der Waals surface area (Å²) in [6.07, 6.45) is 1.95. The lowest BCUT2D eigenvalue weighted by atomic mass is 10.0. The molecule has 0 saturated heterocycles. The second-order valence-electron chi connectivity index (χ2n) is 5.93. The highest BCUT2D eigenvalue weighted by molar-refractivity contribution is 5.76. The van der Waals surface area contributed by atoms with Gasteiger partial charge in [0, 0.05) is 24.7 Å². The highest BCUT2D eigenvalue weighted by Crippen LogP contribution is 2.27. The minimum absolute atomic E-state index is 0.000986. The first kappa shape index (κ1) is 15.8. The number of nitrogens with one attached hydrogen (secondary N) is 1. The number of carbonyl (C=O) groups is 2. The van der Waals surface area contributed by atoms with Crippen LogP contribution in [0.25, 0.3) is 0 Å². The number of urea groups is 1. The van der Waals surface area contributed by atoms with Crippen molar-refractivity contribution < 1.29 is 14.7 Å². The number of aliphatic carboxylic acids is 1. The summed E-state index contributed by atoms with van der Waals surface area (Å²) < 4.78 is 0. The zero-order valence-electron chi connectivity index (χ0n) is 12.3. The first-order valence-electron chi connectivity index (χ1n) is 6.68. The lowest BCUT2D eigenvalue weighted by Gasteiger charge is -2.33. The van der Waals surface area contributed by atoms with E-state index in [1.54, 1.807) is 4.90 Å². The molecule has 0 atom stereocenters. The van der Waals surface area contributed by atoms with Gasteiger partial charge >= 0.3 is 12.0 Å². The molecule has 1 fully saturated rings. The normalized spacial score (nSPS) is 15.4. The minimum Gasteiger partial charge on any atom is -0.481 e. The first-order chi connectivity index (χ1) is 8.74. The van der Waals surface area contributed by atoms with Gasteiger partial charge in [-0.3, -0.25) is 4.79 Å². The highest BCUT2D eigenvalue weighted by atomic mass is 16.4. The average molecular weight is 271 g/mol. The largest absolute Gasteiger partial charge is 0.481 e. The van der Waals surface area contributed by atoms with E-state index in [9.17, 15) is 9.59 Å². The summed E-state index contributed by atoms with van der Waals surface area (Å²) in [4.78, 5) is 26.4. The van der Waals surface area contributed by atoms with Gasteiger partial charge in [0.15, 0.2) is 0 Å². The van der Waals surface area contributed by atoms with E-state index in [0.717, 1.165) is 12.8 Å². The molecule has 2 amide bonds. The predicted molar refractivity (Wildman–Crippen MR) is 73.1 cm³/mol. The summed E-state index contributed by atoms with van der Waals surface area (Å²) >= 11 is 0. The maximum Gasteiger partial charge on any atom is 0.317 e. The van der Waals surface area contributed by atoms with Gasteiger partial charge < -0.3 is 20.2 Å². The molecule has 0 heterocycles. The third kappa shape index (κ3) is 5.06. The Morgan fingerprint density at radius 2 is 1.89 bits per heavy atom. The smallest absolute Gasteiger partial charge is 0.317 e. The number of nitrogens with zero attached hydrogens (tertiary/aromatic N) is 2. The van der Waals surface area contributed by atoms with E-state index in [0.29, 0.717) is 6.54 Å². The summed E-state index contributed by atoms with van der Waals surface area (Å²) in [5, 5.41) is 11.6. The van der Waals surface area contributed by atoms with Gasteiger partial charge in [-0.05, 0) is 40.8 Å². The molecule has 6 nitrogen and oxygen atoms in total. The lowest BCUT2D eigenvalue weighted by Crippen LogP contribution is -2.51. The molecule has 0 spiro atoms. The van der Waals surface area contributed by atoms with Crippen molar-refractivity contribution in [1.82, 2.24) is 15.1 Å². The number of amides is 2. The predicted octanol–water partition coefficient (Wildman–Crippen LogP) is 0.975. The van der Waals surface area contributed by atoms with E-state index in [-0.39, 0.29) is 30.6 Å². The van der Waals surface area contributed by atoms with Crippen molar-refractivity contribution in [2.24, 2.45) is 0 Å². The van der Waals surface area contributed by atoms with Crippen molar-refractivity contribution in [1.29, 1.82) is 0 Å². The SMILES string of the molecule is CN(C)C(C)(C)CNC(=O)N(CCC(=O)O)C1CC1. The van der Waals surface area contributed by atoms with Crippen LogP contribution < -0.4 is 5.32 Å². The van der Waals surface area contributed by atoms with E-state index in [1.807, 2.05) is 32.8 Å². The Labute approximate surface area is 114 Å². The van der Waals surface area contributed by atoms with Gasteiger partial charge in [0.25, 0.3) is 0 Å². The molecule has 110 valence electrons. The average Bonchev–Trinajstić information content (AvgIpc) is 3.10. The van der Waals surface area contributed by atoms with Crippen LogP contribution in [0.3, 0.4) is 0 Å². The second kappa shape index (κ2) is 6.23. The molecule has 0 aromatic rings. The van der Waals surface area contributed by atoms with E-state index < -0.39 is 5.97 Å². The number of carbonyl (C=O) groups excluding carboxylic acids is 1. The van der Waals surface area contributed by atoms with Crippen molar-refractivity contribution in [2.45, 2.75) is 44.7 Å². The molecule has 0 aliphatic heterocycles. The molecule has 2 N–H and O–H groups in total. The van der Waals surface area contributed by atoms with Crippen molar-refractivity contribution in [3.05, 3.63) is 0 Å². The Morgan fingerprint density at radius 1 is 1.32 bits per heavy atom. The number of rotatable bonds is 7. The van der Waals surface area contributed by atoms with Crippen LogP contribution in [0.2, 0.25) is 0 Å². The third-order valence-electron chi connectivity index (χ3n) is 3.70. The van der Waals surface area contributed by atoms with Crippen LogP contribution in [0, 0.1) is 0 Å². The number of hydrogen-bond acceptors (Lipinski definition) is 3. The van der Waals surface area contributed by atoms with Crippen LogP contribution in [0.15, 0.2) is 0 Å². The van der Waals surface area contributed by atoms with Gasteiger partial charge in [-0.2, -0.15) is 0 Å². The van der Waals surface area contributed by atoms with Crippen LogP contribution in [-0.4, -0.2) is 65.7 Å². The second-order valence-corrected chi connectivity index (χ2v) is 5.93. The molecule has 1 aliphatic carbocycles. The Bertz CT molecular complexity index is 338. The van der Waals surface area contributed by atoms with Gasteiger partial charge in [0.1, 0.15) is 0 Å². The van der Waals surface area contributed by atoms with Gasteiger partial charge in [0.2, 0.25) is 0 Å². The Morgan fingerprint density at radius 3 is 2.32 bits per heavy atom. The number of likely N-dealkylation sites (N-methyl/N-ethyl adjacent to an activating group) is 1. The van der Waals surface area contributed by atoms with E-state index in [2.05, 4.69) is 5.32 Å². The van der Waals surface area contributed by atoms with Crippen LogP contribution >= 0.6 is 0 Å². The quantitative estimate of drug-likeness (QED) is 0.724. The Hall–Kier alpha value is -1.30. The zero-order valence-corrected chi connectivity index (χ0v) is 12.3. The molecular weight excluding hydrogens is 246 g/mol. The van der Waals surface area contributed by atoms with Gasteiger partial charge in [0.05, 0.1) is 6.42 Å². The van der Waals surface area contributed by atoms with Crippen molar-refractivity contribution in [3.63, 3.8) is 0 Å². The van der Waals surface area contributed by atoms with Crippen LogP contribution in [-0.2, 0) is 4.79 Å². The van der Waals surface area contributed by atoms with Crippen LogP contribution in [0.5, 0.6) is 0 Å². The van der Waals surface area contributed by atoms with Crippen molar-refractivity contribution in [2.75, 3.05) is 27.2 Å². The van der Waals surface area contributed by atoms with Gasteiger partial charge in [-0.25, -0.2) is 4.79 Å². The van der Waals surface area contributed by atoms with Crippen molar-refractivity contribution >= 4 is 12.0 Å². The van der Waals surface area contributed by atoms with Gasteiger partial charge in [-0.15, -0.1) is 0 Å². The zero-order chi connectivity index (χ0) is 14.6. The maximum absolute atomic E-state index is 12.1. The molecule has 19 heavy (non-hydrogen) atoms. The summed E-state index contributed by atoms with van der Waals surface area (Å²) in [6.45, 7) is 4.92. The van der Waals surface area contributed by atoms with Gasteiger partial charge in [-0.1, -0.05) is 0 Å². The summed E-state index contributed by atoms with van der Waals surface area (Å²) in [6, 6.07) is 0.0699. The van der Waals surface area contributed by atoms with E-state index in [4.69, 9.17) is 5.11 Å². The molecule has 1 aliphatic rings. The monoisotopic (exact) mass is 271 g/mol. The number of carboxylic acids is 1. The van der Waals surface area contributed by atoms with Crippen LogP contribution in [0.4, 0.5) is 4.79 Å². The topological polar surface area (TPSA) is 72.9 Å². The fourth-order valence-corrected chi connectivity index (χ4v) is 1.60. The molecule has 1 rings (SSSR count). The lowest BCUT2D eigenvalue weighted by molar-refractivity contribution is -0.137. The fraction of sp³-hybridized carbons (Fsp3) is 0.846. The number of carboxylic acid groups (broad SMARTS) is 1. The fourth-order valence-electron chi connectivity index (χ4n) is 1.60. The first-order valence-corrected chi connectivity index (χ1v) is 6.68. The number of hydrogen-bond donors (Lipinski definition) is 2. The summed E-state index contributed by atoms with van der Waals surface area (Å²) in [5.41, 5.74) is -0.127. The minimum atomic E-state index is -0.868. The van der Waals surface area contributed by atoms with Crippen LogP contribution in [0.1, 0.15) is 33.1 Å². The highest BCUT2D eigenvalue weighted by Gasteiger charge is 2.33. The Balaban J connectivity index is 2.46. The molecule has 0 unspecified atom stereocenters. The molecule has 1 saturated carbocycles. The molecule has 0 radical (unpaired) electrons. The molecule has 0 bridgehead atoms. The van der Waals surface area contributed by atoms with E-state index in [1.165, 1.54) is 0 Å². The molecular formula is C13H25N3O3. The molecule has 6 heteroatoms. The maximum atomic E-state index is 12.1. The summed E-state index contributed by atoms with van der Waals surface area (Å²) in [5.74, 6) is -0.868. The third-order valence-corrected chi connectivity index (χ3v) is 3.70. The molecule has 0 aromatic heterocycles. The Kier molecular flexibility index (Phi) is 5.17. The summed E-state index contributed by atoms with van der Waals surface area (Å²) in [7, 11) is 3.94. The standard InChI is InChI=1S/C13H25N3O3/c1-13(2,15(3)4)9-14-12(19)16(10-5-6-10)8-7-11(17)18/h10H,5-9H2,1-4H3,(H,14,19)(H,17,18).